The SMILES string of the molecule is C[C@@H](C(=O)N1CCN(c2ccccc2)CC1)N(C)CC(=O)NC(C)(C)C. The molecule has 0 unspecified atom stereocenters. The summed E-state index contributed by atoms with van der Waals surface area (Å²) in [7, 11) is 1.82. The van der Waals surface area contributed by atoms with E-state index in [1.165, 1.54) is 5.69 Å². The molecule has 0 aliphatic carbocycles. The Bertz CT molecular complexity index is 604. The molecule has 0 bridgehead atoms. The second-order valence-electron chi connectivity index (χ2n) is 8.04. The number of hydrogen-bond acceptors (Lipinski definition) is 4. The first-order valence-corrected chi connectivity index (χ1v) is 9.27. The molecule has 1 aliphatic rings. The van der Waals surface area contributed by atoms with Crippen molar-refractivity contribution in [3.8, 4) is 0 Å². The minimum atomic E-state index is -0.316. The molecule has 1 aliphatic heterocycles. The van der Waals surface area contributed by atoms with Gasteiger partial charge in [-0.2, -0.15) is 0 Å². The smallest absolute Gasteiger partial charge is 0.239 e. The molecule has 1 atom stereocenters. The zero-order valence-electron chi connectivity index (χ0n) is 16.7. The molecular weight excluding hydrogens is 328 g/mol. The van der Waals surface area contributed by atoms with E-state index in [1.807, 2.05) is 62.7 Å². The van der Waals surface area contributed by atoms with E-state index in [0.29, 0.717) is 13.1 Å². The van der Waals surface area contributed by atoms with Crippen LogP contribution in [0.2, 0.25) is 0 Å². The van der Waals surface area contributed by atoms with Crippen LogP contribution in [0.25, 0.3) is 0 Å². The number of nitrogens with zero attached hydrogens (tertiary/aromatic N) is 3. The Balaban J connectivity index is 1.84. The predicted octanol–water partition coefficient (Wildman–Crippen LogP) is 1.57. The van der Waals surface area contributed by atoms with Crippen LogP contribution in [0, 0.1) is 0 Å². The number of benzene rings is 1. The Morgan fingerprint density at radius 2 is 1.69 bits per heavy atom. The van der Waals surface area contributed by atoms with E-state index in [4.69, 9.17) is 0 Å². The Kier molecular flexibility index (Phi) is 6.64. The van der Waals surface area contributed by atoms with Crippen molar-refractivity contribution >= 4 is 17.5 Å². The first-order valence-electron chi connectivity index (χ1n) is 9.27. The molecule has 1 saturated heterocycles. The minimum absolute atomic E-state index is 0.0615. The van der Waals surface area contributed by atoms with Crippen LogP contribution in [0.15, 0.2) is 30.3 Å². The average molecular weight is 361 g/mol. The summed E-state index contributed by atoms with van der Waals surface area (Å²) in [5, 5.41) is 2.94. The van der Waals surface area contributed by atoms with Crippen molar-refractivity contribution < 1.29 is 9.59 Å². The van der Waals surface area contributed by atoms with Crippen molar-refractivity contribution in [2.45, 2.75) is 39.3 Å². The van der Waals surface area contributed by atoms with Gasteiger partial charge in [-0.3, -0.25) is 14.5 Å². The standard InChI is InChI=1S/C20H32N4O2/c1-16(22(5)15-18(25)21-20(2,3)4)19(26)24-13-11-23(12-14-24)17-9-7-6-8-10-17/h6-10,16H,11-15H2,1-5H3,(H,21,25)/t16-/m0/s1. The number of amides is 2. The van der Waals surface area contributed by atoms with Crippen molar-refractivity contribution in [3.05, 3.63) is 30.3 Å². The van der Waals surface area contributed by atoms with Crippen LogP contribution in [0.1, 0.15) is 27.7 Å². The maximum atomic E-state index is 12.8. The number of piperazine rings is 1. The fraction of sp³-hybridized carbons (Fsp3) is 0.600. The molecule has 1 N–H and O–H groups in total. The maximum Gasteiger partial charge on any atom is 0.239 e. The van der Waals surface area contributed by atoms with E-state index in [2.05, 4.69) is 22.3 Å². The van der Waals surface area contributed by atoms with Crippen LogP contribution in [0.4, 0.5) is 5.69 Å². The summed E-state index contributed by atoms with van der Waals surface area (Å²) in [6.45, 7) is 11.0. The third kappa shape index (κ3) is 5.73. The number of nitrogens with one attached hydrogen (secondary N) is 1. The number of carbonyl (C=O) groups excluding carboxylic acids is 2. The lowest BCUT2D eigenvalue weighted by Crippen LogP contribution is -2.55. The fourth-order valence-corrected chi connectivity index (χ4v) is 3.10. The van der Waals surface area contributed by atoms with Crippen LogP contribution >= 0.6 is 0 Å². The van der Waals surface area contributed by atoms with Crippen molar-refractivity contribution in [1.29, 1.82) is 0 Å². The summed E-state index contributed by atoms with van der Waals surface area (Å²) < 4.78 is 0. The maximum absolute atomic E-state index is 12.8. The van der Waals surface area contributed by atoms with Gasteiger partial charge < -0.3 is 15.1 Å². The van der Waals surface area contributed by atoms with E-state index < -0.39 is 0 Å². The van der Waals surface area contributed by atoms with E-state index in [9.17, 15) is 9.59 Å². The molecule has 1 aromatic carbocycles. The third-order valence-corrected chi connectivity index (χ3v) is 4.64. The average Bonchev–Trinajstić information content (AvgIpc) is 2.59. The van der Waals surface area contributed by atoms with Gasteiger partial charge in [-0.05, 0) is 46.9 Å². The molecule has 0 radical (unpaired) electrons. The molecule has 1 heterocycles. The van der Waals surface area contributed by atoms with Gasteiger partial charge in [0.05, 0.1) is 12.6 Å². The normalized spacial score (nSPS) is 16.5. The topological polar surface area (TPSA) is 55.9 Å². The van der Waals surface area contributed by atoms with Gasteiger partial charge in [-0.1, -0.05) is 18.2 Å². The van der Waals surface area contributed by atoms with Crippen molar-refractivity contribution in [1.82, 2.24) is 15.1 Å². The summed E-state index contributed by atoms with van der Waals surface area (Å²) in [4.78, 5) is 30.9. The third-order valence-electron chi connectivity index (χ3n) is 4.64. The highest BCUT2D eigenvalue weighted by Gasteiger charge is 2.28. The molecule has 6 heteroatoms. The largest absolute Gasteiger partial charge is 0.368 e. The lowest BCUT2D eigenvalue weighted by Gasteiger charge is -2.38. The summed E-state index contributed by atoms with van der Waals surface area (Å²) in [5.74, 6) is 0.0253. The predicted molar refractivity (Wildman–Crippen MR) is 105 cm³/mol. The number of anilines is 1. The van der Waals surface area contributed by atoms with Gasteiger partial charge in [0.15, 0.2) is 0 Å². The number of likely N-dealkylation sites (N-methyl/N-ethyl adjacent to an activating group) is 1. The number of hydrogen-bond donors (Lipinski definition) is 1. The highest BCUT2D eigenvalue weighted by molar-refractivity contribution is 5.83. The summed E-state index contributed by atoms with van der Waals surface area (Å²) in [6.07, 6.45) is 0. The van der Waals surface area contributed by atoms with Gasteiger partial charge in [0.25, 0.3) is 0 Å². The van der Waals surface area contributed by atoms with E-state index >= 15 is 0 Å². The highest BCUT2D eigenvalue weighted by atomic mass is 16.2. The lowest BCUT2D eigenvalue weighted by atomic mass is 10.1. The Labute approximate surface area is 157 Å². The van der Waals surface area contributed by atoms with Gasteiger partial charge in [0, 0.05) is 37.4 Å². The quantitative estimate of drug-likeness (QED) is 0.866. The molecule has 0 aromatic heterocycles. The molecule has 26 heavy (non-hydrogen) atoms. The van der Waals surface area contributed by atoms with Crippen LogP contribution in [-0.2, 0) is 9.59 Å². The van der Waals surface area contributed by atoms with Gasteiger partial charge in [0.1, 0.15) is 0 Å². The molecule has 2 amide bonds. The molecule has 6 nitrogen and oxygen atoms in total. The van der Waals surface area contributed by atoms with Crippen LogP contribution in [-0.4, -0.2) is 73.0 Å². The lowest BCUT2D eigenvalue weighted by molar-refractivity contribution is -0.137. The zero-order chi connectivity index (χ0) is 19.3. The highest BCUT2D eigenvalue weighted by Crippen LogP contribution is 2.16. The van der Waals surface area contributed by atoms with E-state index in [1.54, 1.807) is 0 Å². The Morgan fingerprint density at radius 3 is 2.23 bits per heavy atom. The van der Waals surface area contributed by atoms with Gasteiger partial charge in [-0.25, -0.2) is 0 Å². The van der Waals surface area contributed by atoms with Crippen LogP contribution < -0.4 is 10.2 Å². The first-order chi connectivity index (χ1) is 12.2. The Morgan fingerprint density at radius 1 is 1.12 bits per heavy atom. The molecule has 1 aromatic rings. The molecular formula is C20H32N4O2. The molecule has 0 spiro atoms. The van der Waals surface area contributed by atoms with Gasteiger partial charge in [-0.15, -0.1) is 0 Å². The van der Waals surface area contributed by atoms with Crippen LogP contribution in [0.3, 0.4) is 0 Å². The molecule has 0 saturated carbocycles. The Hall–Kier alpha value is -2.08. The molecule has 1 fully saturated rings. The van der Waals surface area contributed by atoms with Crippen LogP contribution in [0.5, 0.6) is 0 Å². The first kappa shape index (κ1) is 20.2. The fourth-order valence-electron chi connectivity index (χ4n) is 3.10. The molecule has 2 rings (SSSR count). The summed E-state index contributed by atoms with van der Waals surface area (Å²) in [5.41, 5.74) is 0.933. The zero-order valence-corrected chi connectivity index (χ0v) is 16.7. The second kappa shape index (κ2) is 8.54. The van der Waals surface area contributed by atoms with Crippen molar-refractivity contribution in [2.24, 2.45) is 0 Å². The summed E-state index contributed by atoms with van der Waals surface area (Å²) >= 11 is 0. The van der Waals surface area contributed by atoms with E-state index in [-0.39, 0.29) is 29.9 Å². The number of carbonyl (C=O) groups is 2. The monoisotopic (exact) mass is 360 g/mol. The molecule has 144 valence electrons. The number of para-hydroxylation sites is 1. The van der Waals surface area contributed by atoms with E-state index in [0.717, 1.165) is 13.1 Å². The summed E-state index contributed by atoms with van der Waals surface area (Å²) in [6, 6.07) is 9.96. The second-order valence-corrected chi connectivity index (χ2v) is 8.04. The number of rotatable bonds is 5. The minimum Gasteiger partial charge on any atom is -0.368 e. The van der Waals surface area contributed by atoms with Gasteiger partial charge >= 0.3 is 0 Å². The van der Waals surface area contributed by atoms with Gasteiger partial charge in [0.2, 0.25) is 11.8 Å². The van der Waals surface area contributed by atoms with Crippen molar-refractivity contribution in [2.75, 3.05) is 44.7 Å². The van der Waals surface area contributed by atoms with Crippen molar-refractivity contribution in [3.63, 3.8) is 0 Å².